The molecule has 0 radical (unpaired) electrons. The van der Waals surface area contributed by atoms with Crippen LogP contribution in [0, 0.1) is 17.8 Å². The number of esters is 1. The lowest BCUT2D eigenvalue weighted by Crippen LogP contribution is -2.61. The molecule has 0 aromatic rings. The Labute approximate surface area is 118 Å². The van der Waals surface area contributed by atoms with Crippen molar-refractivity contribution >= 4 is 11.8 Å². The number of hydrogen-bond acceptors (Lipinski definition) is 5. The normalized spacial score (nSPS) is 30.9. The number of ether oxygens (including phenoxy) is 3. The second-order valence-electron chi connectivity index (χ2n) is 5.33. The largest absolute Gasteiger partial charge is 0.466 e. The number of carbonyl (C=O) groups excluding carboxylic acids is 2. The maximum atomic E-state index is 12.8. The maximum Gasteiger partial charge on any atom is 0.334 e. The lowest BCUT2D eigenvalue weighted by Gasteiger charge is -2.49. The number of ketones is 1. The molecule has 0 amide bonds. The van der Waals surface area contributed by atoms with Gasteiger partial charge in [0, 0.05) is 25.7 Å². The number of hydrogen-bond donors (Lipinski definition) is 0. The van der Waals surface area contributed by atoms with E-state index < -0.39 is 17.7 Å². The van der Waals surface area contributed by atoms with Crippen molar-refractivity contribution in [1.82, 2.24) is 0 Å². The van der Waals surface area contributed by atoms with Crippen molar-refractivity contribution < 1.29 is 23.8 Å². The molecule has 0 heterocycles. The topological polar surface area (TPSA) is 61.8 Å². The molecule has 3 rings (SSSR count). The van der Waals surface area contributed by atoms with Gasteiger partial charge < -0.3 is 14.2 Å². The first-order valence-corrected chi connectivity index (χ1v) is 6.53. The van der Waals surface area contributed by atoms with Crippen molar-refractivity contribution in [3.63, 3.8) is 0 Å². The van der Waals surface area contributed by atoms with Crippen LogP contribution in [0.4, 0.5) is 0 Å². The van der Waals surface area contributed by atoms with E-state index in [1.807, 2.05) is 6.92 Å². The average molecular weight is 280 g/mol. The fraction of sp³-hybridized carbons (Fsp3) is 0.600. The fourth-order valence-electron chi connectivity index (χ4n) is 3.39. The van der Waals surface area contributed by atoms with Crippen LogP contribution in [0.15, 0.2) is 23.8 Å². The molecule has 2 bridgehead atoms. The van der Waals surface area contributed by atoms with E-state index in [1.165, 1.54) is 21.3 Å². The molecule has 3 aliphatic carbocycles. The zero-order chi connectivity index (χ0) is 15.1. The summed E-state index contributed by atoms with van der Waals surface area (Å²) in [5.41, 5.74) is 1.27. The van der Waals surface area contributed by atoms with Crippen LogP contribution in [-0.4, -0.2) is 38.9 Å². The summed E-state index contributed by atoms with van der Waals surface area (Å²) < 4.78 is 15.5. The number of allylic oxidation sites excluding steroid dienone is 1. The molecular formula is C15H20O5. The molecule has 20 heavy (non-hydrogen) atoms. The van der Waals surface area contributed by atoms with Gasteiger partial charge in [-0.25, -0.2) is 4.79 Å². The van der Waals surface area contributed by atoms with Gasteiger partial charge in [0.15, 0.2) is 0 Å². The minimum Gasteiger partial charge on any atom is -0.466 e. The molecule has 5 heteroatoms. The van der Waals surface area contributed by atoms with Crippen LogP contribution in [0.25, 0.3) is 0 Å². The number of fused-ring (bicyclic) bond motifs is 2. The predicted octanol–water partition coefficient (Wildman–Crippen LogP) is 1.49. The summed E-state index contributed by atoms with van der Waals surface area (Å²) in [5, 5.41) is 0. The summed E-state index contributed by atoms with van der Waals surface area (Å²) in [5.74, 6) is -3.00. The Morgan fingerprint density at radius 1 is 1.35 bits per heavy atom. The van der Waals surface area contributed by atoms with Gasteiger partial charge in [-0.3, -0.25) is 4.79 Å². The van der Waals surface area contributed by atoms with Crippen molar-refractivity contribution in [2.24, 2.45) is 17.8 Å². The number of methoxy groups -OCH3 is 3. The van der Waals surface area contributed by atoms with E-state index in [1.54, 1.807) is 6.08 Å². The zero-order valence-corrected chi connectivity index (χ0v) is 12.3. The zero-order valence-electron chi connectivity index (χ0n) is 12.3. The third kappa shape index (κ3) is 1.84. The van der Waals surface area contributed by atoms with Crippen LogP contribution in [-0.2, 0) is 23.8 Å². The average Bonchev–Trinajstić information content (AvgIpc) is 2.46. The van der Waals surface area contributed by atoms with Gasteiger partial charge >= 0.3 is 5.97 Å². The highest BCUT2D eigenvalue weighted by Crippen LogP contribution is 2.51. The Morgan fingerprint density at radius 3 is 2.35 bits per heavy atom. The molecule has 1 saturated carbocycles. The van der Waals surface area contributed by atoms with Crippen LogP contribution in [0.2, 0.25) is 0 Å². The second kappa shape index (κ2) is 5.14. The summed E-state index contributed by atoms with van der Waals surface area (Å²) >= 11 is 0. The fourth-order valence-corrected chi connectivity index (χ4v) is 3.39. The molecule has 0 aliphatic heterocycles. The van der Waals surface area contributed by atoms with Crippen LogP contribution < -0.4 is 0 Å². The first kappa shape index (κ1) is 14.9. The van der Waals surface area contributed by atoms with Gasteiger partial charge in [-0.05, 0) is 19.3 Å². The molecule has 0 N–H and O–H groups in total. The number of Topliss-reactive ketones (excluding diaryl/α,β-unsaturated/α-hetero) is 1. The molecule has 3 atom stereocenters. The van der Waals surface area contributed by atoms with E-state index in [-0.39, 0.29) is 17.6 Å². The molecule has 0 unspecified atom stereocenters. The SMILES string of the molecule is C=C(C)[C@@H]1C[C@@H]2C=C(C(=O)OC)[C@H]1C(=O)C2(OC)OC. The van der Waals surface area contributed by atoms with Crippen molar-refractivity contribution in [3.05, 3.63) is 23.8 Å². The Balaban J connectivity index is 2.54. The predicted molar refractivity (Wildman–Crippen MR) is 71.8 cm³/mol. The van der Waals surface area contributed by atoms with Gasteiger partial charge in [0.2, 0.25) is 11.6 Å². The molecule has 110 valence electrons. The van der Waals surface area contributed by atoms with Gasteiger partial charge in [0.1, 0.15) is 0 Å². The van der Waals surface area contributed by atoms with Crippen molar-refractivity contribution in [1.29, 1.82) is 0 Å². The first-order chi connectivity index (χ1) is 9.42. The minimum atomic E-state index is -1.30. The molecule has 1 fully saturated rings. The summed E-state index contributed by atoms with van der Waals surface area (Å²) in [6, 6.07) is 0. The monoisotopic (exact) mass is 280 g/mol. The molecule has 0 aromatic carbocycles. The van der Waals surface area contributed by atoms with E-state index >= 15 is 0 Å². The van der Waals surface area contributed by atoms with Crippen LogP contribution in [0.3, 0.4) is 0 Å². The maximum absolute atomic E-state index is 12.8. The highest BCUT2D eigenvalue weighted by atomic mass is 16.7. The summed E-state index contributed by atoms with van der Waals surface area (Å²) in [6.07, 6.45) is 2.43. The van der Waals surface area contributed by atoms with Crippen LogP contribution in [0.1, 0.15) is 13.3 Å². The van der Waals surface area contributed by atoms with Crippen LogP contribution in [0.5, 0.6) is 0 Å². The summed E-state index contributed by atoms with van der Waals surface area (Å²) in [6.45, 7) is 5.81. The van der Waals surface area contributed by atoms with E-state index in [2.05, 4.69) is 6.58 Å². The lowest BCUT2D eigenvalue weighted by atomic mass is 9.60. The number of rotatable bonds is 4. The smallest absolute Gasteiger partial charge is 0.334 e. The molecule has 5 nitrogen and oxygen atoms in total. The highest BCUT2D eigenvalue weighted by Gasteiger charge is 2.60. The quantitative estimate of drug-likeness (QED) is 0.443. The standard InChI is InChI=1S/C15H20O5/c1-8(2)10-6-9-7-11(14(17)18-3)12(10)13(16)15(9,19-4)20-5/h7,9-10,12H,1,6H2,2-5H3/t9-,10+,12+/m1/s1. The second-order valence-corrected chi connectivity index (χ2v) is 5.33. The van der Waals surface area contributed by atoms with E-state index in [0.29, 0.717) is 12.0 Å². The summed E-state index contributed by atoms with van der Waals surface area (Å²) in [4.78, 5) is 24.7. The van der Waals surface area contributed by atoms with E-state index in [9.17, 15) is 9.59 Å². The van der Waals surface area contributed by atoms with Crippen LogP contribution >= 0.6 is 0 Å². The molecular weight excluding hydrogens is 260 g/mol. The Morgan fingerprint density at radius 2 is 1.95 bits per heavy atom. The molecule has 0 spiro atoms. The minimum absolute atomic E-state index is 0.0787. The van der Waals surface area contributed by atoms with Crippen molar-refractivity contribution in [3.8, 4) is 0 Å². The van der Waals surface area contributed by atoms with Gasteiger partial charge in [-0.1, -0.05) is 18.2 Å². The summed E-state index contributed by atoms with van der Waals surface area (Å²) in [7, 11) is 4.21. The van der Waals surface area contributed by atoms with Gasteiger partial charge in [-0.2, -0.15) is 0 Å². The van der Waals surface area contributed by atoms with Gasteiger partial charge in [0.05, 0.1) is 13.0 Å². The lowest BCUT2D eigenvalue weighted by molar-refractivity contribution is -0.239. The molecule has 0 aromatic heterocycles. The van der Waals surface area contributed by atoms with Crippen molar-refractivity contribution in [2.75, 3.05) is 21.3 Å². The van der Waals surface area contributed by atoms with Gasteiger partial charge in [0.25, 0.3) is 0 Å². The van der Waals surface area contributed by atoms with E-state index in [4.69, 9.17) is 14.2 Å². The Bertz CT molecular complexity index is 486. The highest BCUT2D eigenvalue weighted by molar-refractivity contribution is 6.03. The third-order valence-electron chi connectivity index (χ3n) is 4.40. The Hall–Kier alpha value is -1.46. The molecule has 3 aliphatic rings. The first-order valence-electron chi connectivity index (χ1n) is 6.53. The van der Waals surface area contributed by atoms with E-state index in [0.717, 1.165) is 5.57 Å². The number of carbonyl (C=O) groups is 2. The molecule has 0 saturated heterocycles. The van der Waals surface area contributed by atoms with Gasteiger partial charge in [-0.15, -0.1) is 0 Å². The Kier molecular flexibility index (Phi) is 3.84. The van der Waals surface area contributed by atoms with Crippen molar-refractivity contribution in [2.45, 2.75) is 19.1 Å². The third-order valence-corrected chi connectivity index (χ3v) is 4.40.